The average molecular weight is 343 g/mol. The lowest BCUT2D eigenvalue weighted by atomic mass is 10.2. The number of nitrogens with two attached hydrogens (primary N) is 1. The van der Waals surface area contributed by atoms with E-state index in [0.717, 1.165) is 10.0 Å². The molecule has 0 radical (unpaired) electrons. The molecule has 19 heavy (non-hydrogen) atoms. The van der Waals surface area contributed by atoms with Crippen molar-refractivity contribution in [1.82, 2.24) is 9.97 Å². The lowest BCUT2D eigenvalue weighted by Gasteiger charge is -2.19. The number of hydrogen-bond acceptors (Lipinski definition) is 5. The summed E-state index contributed by atoms with van der Waals surface area (Å²) in [6.45, 7) is 0.681. The molecule has 3 N–H and O–H groups in total. The lowest BCUT2D eigenvalue weighted by molar-refractivity contribution is 0.890. The number of nitrogen functional groups attached to an aromatic ring is 1. The van der Waals surface area contributed by atoms with Crippen molar-refractivity contribution in [2.75, 3.05) is 17.4 Å². The summed E-state index contributed by atoms with van der Waals surface area (Å²) in [5.41, 5.74) is 3.55. The number of aromatic nitrogens is 2. The highest BCUT2D eigenvalue weighted by Gasteiger charge is 2.10. The number of nitrogens with zero attached hydrogens (tertiary/aromatic N) is 3. The van der Waals surface area contributed by atoms with Crippen LogP contribution in [0.5, 0.6) is 0 Å². The van der Waals surface area contributed by atoms with Crippen LogP contribution in [0, 0.1) is 0 Å². The van der Waals surface area contributed by atoms with Crippen molar-refractivity contribution in [1.29, 1.82) is 0 Å². The van der Waals surface area contributed by atoms with Crippen LogP contribution in [0.15, 0.2) is 34.9 Å². The van der Waals surface area contributed by atoms with Crippen LogP contribution < -0.4 is 16.2 Å². The number of benzene rings is 1. The second kappa shape index (κ2) is 6.18. The van der Waals surface area contributed by atoms with Crippen LogP contribution in [0.1, 0.15) is 5.56 Å². The molecule has 0 aliphatic rings. The third-order valence-corrected chi connectivity index (χ3v) is 3.28. The molecule has 0 aliphatic heterocycles. The van der Waals surface area contributed by atoms with Gasteiger partial charge in [0.25, 0.3) is 0 Å². The Morgan fingerprint density at radius 2 is 2.26 bits per heavy atom. The molecule has 2 rings (SSSR count). The Morgan fingerprint density at radius 3 is 2.95 bits per heavy atom. The van der Waals surface area contributed by atoms with Crippen molar-refractivity contribution < 1.29 is 0 Å². The van der Waals surface area contributed by atoms with Crippen molar-refractivity contribution in [2.24, 2.45) is 5.84 Å². The van der Waals surface area contributed by atoms with Crippen LogP contribution in [-0.4, -0.2) is 17.0 Å². The summed E-state index contributed by atoms with van der Waals surface area (Å²) < 4.78 is 1.04. The topological polar surface area (TPSA) is 67.1 Å². The molecule has 0 saturated heterocycles. The summed E-state index contributed by atoms with van der Waals surface area (Å²) in [4.78, 5) is 10.1. The highest BCUT2D eigenvalue weighted by Crippen LogP contribution is 2.24. The predicted octanol–water partition coefficient (Wildman–Crippen LogP) is 2.81. The Hall–Kier alpha value is -1.37. The molecule has 0 amide bonds. The molecule has 0 spiro atoms. The maximum absolute atomic E-state index is 6.10. The molecule has 1 aromatic heterocycles. The molecular formula is C12H13BrClN5. The maximum Gasteiger partial charge on any atom is 0.239 e. The fraction of sp³-hybridized carbons (Fsp3) is 0.167. The van der Waals surface area contributed by atoms with Gasteiger partial charge in [-0.05, 0) is 17.7 Å². The van der Waals surface area contributed by atoms with E-state index in [9.17, 15) is 0 Å². The van der Waals surface area contributed by atoms with E-state index >= 15 is 0 Å². The van der Waals surface area contributed by atoms with Crippen LogP contribution in [0.4, 0.5) is 11.8 Å². The molecule has 100 valence electrons. The molecule has 0 saturated carbocycles. The molecule has 5 nitrogen and oxygen atoms in total. The third kappa shape index (κ3) is 3.56. The normalized spacial score (nSPS) is 10.3. The Kier molecular flexibility index (Phi) is 4.57. The van der Waals surface area contributed by atoms with E-state index in [2.05, 4.69) is 31.3 Å². The molecule has 0 bridgehead atoms. The summed E-state index contributed by atoms with van der Waals surface area (Å²) >= 11 is 9.55. The van der Waals surface area contributed by atoms with Gasteiger partial charge in [0, 0.05) is 18.1 Å². The van der Waals surface area contributed by atoms with Gasteiger partial charge >= 0.3 is 0 Å². The Balaban J connectivity index is 2.22. The summed E-state index contributed by atoms with van der Waals surface area (Å²) in [7, 11) is 1.91. The maximum atomic E-state index is 6.10. The number of nitrogens with one attached hydrogen (secondary N) is 1. The predicted molar refractivity (Wildman–Crippen MR) is 81.1 cm³/mol. The third-order valence-electron chi connectivity index (χ3n) is 2.53. The van der Waals surface area contributed by atoms with Crippen LogP contribution in [0.3, 0.4) is 0 Å². The van der Waals surface area contributed by atoms with Gasteiger partial charge in [0.15, 0.2) is 5.82 Å². The minimum Gasteiger partial charge on any atom is -0.354 e. The number of halogens is 2. The van der Waals surface area contributed by atoms with Gasteiger partial charge in [0.1, 0.15) is 5.02 Å². The highest BCUT2D eigenvalue weighted by atomic mass is 79.9. The van der Waals surface area contributed by atoms with E-state index in [1.54, 1.807) is 0 Å². The van der Waals surface area contributed by atoms with Gasteiger partial charge < -0.3 is 4.90 Å². The van der Waals surface area contributed by atoms with Crippen LogP contribution >= 0.6 is 27.5 Å². The van der Waals surface area contributed by atoms with Gasteiger partial charge in [0.2, 0.25) is 5.95 Å². The van der Waals surface area contributed by atoms with E-state index < -0.39 is 0 Å². The summed E-state index contributed by atoms with van der Waals surface area (Å²) in [6, 6.07) is 8.06. The van der Waals surface area contributed by atoms with Gasteiger partial charge in [-0.3, -0.25) is 5.43 Å². The fourth-order valence-electron chi connectivity index (χ4n) is 1.68. The Bertz CT molecular complexity index is 578. The van der Waals surface area contributed by atoms with Gasteiger partial charge in [-0.15, -0.1) is 0 Å². The van der Waals surface area contributed by atoms with Crippen LogP contribution in [-0.2, 0) is 6.54 Å². The number of hydrogen-bond donors (Lipinski definition) is 2. The average Bonchev–Trinajstić information content (AvgIpc) is 2.39. The monoisotopic (exact) mass is 341 g/mol. The SMILES string of the molecule is CN(Cc1cccc(Br)c1)c1nc(NN)ncc1Cl. The van der Waals surface area contributed by atoms with E-state index in [1.165, 1.54) is 6.20 Å². The van der Waals surface area contributed by atoms with Crippen molar-refractivity contribution in [3.05, 3.63) is 45.5 Å². The summed E-state index contributed by atoms with van der Waals surface area (Å²) in [5, 5.41) is 0.483. The molecule has 2 aromatic rings. The van der Waals surface area contributed by atoms with E-state index in [4.69, 9.17) is 17.4 Å². The van der Waals surface area contributed by atoms with E-state index in [-0.39, 0.29) is 0 Å². The Morgan fingerprint density at radius 1 is 1.47 bits per heavy atom. The van der Waals surface area contributed by atoms with Gasteiger partial charge in [-0.1, -0.05) is 39.7 Å². The quantitative estimate of drug-likeness (QED) is 0.660. The van der Waals surface area contributed by atoms with Crippen molar-refractivity contribution in [2.45, 2.75) is 6.54 Å². The first-order valence-corrected chi connectivity index (χ1v) is 6.72. The van der Waals surface area contributed by atoms with Crippen LogP contribution in [0.25, 0.3) is 0 Å². The fourth-order valence-corrected chi connectivity index (χ4v) is 2.36. The molecule has 7 heteroatoms. The van der Waals surface area contributed by atoms with E-state index in [1.807, 2.05) is 36.2 Å². The summed E-state index contributed by atoms with van der Waals surface area (Å²) in [6.07, 6.45) is 1.52. The molecule has 1 aromatic carbocycles. The molecule has 0 unspecified atom stereocenters. The number of anilines is 2. The molecule has 1 heterocycles. The number of rotatable bonds is 4. The van der Waals surface area contributed by atoms with Crippen molar-refractivity contribution in [3.8, 4) is 0 Å². The van der Waals surface area contributed by atoms with Crippen molar-refractivity contribution >= 4 is 39.3 Å². The van der Waals surface area contributed by atoms with Crippen LogP contribution in [0.2, 0.25) is 5.02 Å². The standard InChI is InChI=1S/C12H13BrClN5/c1-19(7-8-3-2-4-9(13)5-8)11-10(14)6-16-12(17-11)18-15/h2-6H,7,15H2,1H3,(H,16,17,18). The summed E-state index contributed by atoms with van der Waals surface area (Å²) in [5.74, 6) is 6.26. The van der Waals surface area contributed by atoms with Gasteiger partial charge in [0.05, 0.1) is 6.20 Å². The Labute approximate surface area is 124 Å². The van der Waals surface area contributed by atoms with Crippen molar-refractivity contribution in [3.63, 3.8) is 0 Å². The highest BCUT2D eigenvalue weighted by molar-refractivity contribution is 9.10. The first-order valence-electron chi connectivity index (χ1n) is 5.55. The zero-order valence-electron chi connectivity index (χ0n) is 10.3. The minimum atomic E-state index is 0.334. The molecule has 0 aliphatic carbocycles. The molecule has 0 atom stereocenters. The van der Waals surface area contributed by atoms with Gasteiger partial charge in [-0.25, -0.2) is 10.8 Å². The van der Waals surface area contributed by atoms with Gasteiger partial charge in [-0.2, -0.15) is 4.98 Å². The second-order valence-corrected chi connectivity index (χ2v) is 5.32. The first-order chi connectivity index (χ1) is 9.10. The number of hydrazine groups is 1. The molecule has 0 fully saturated rings. The zero-order valence-corrected chi connectivity index (χ0v) is 12.6. The molecular weight excluding hydrogens is 330 g/mol. The largest absolute Gasteiger partial charge is 0.354 e. The second-order valence-electron chi connectivity index (χ2n) is 4.00. The smallest absolute Gasteiger partial charge is 0.239 e. The minimum absolute atomic E-state index is 0.334. The zero-order chi connectivity index (χ0) is 13.8. The lowest BCUT2D eigenvalue weighted by Crippen LogP contribution is -2.20. The van der Waals surface area contributed by atoms with E-state index in [0.29, 0.717) is 23.3 Å². The first kappa shape index (κ1) is 14.0.